The number of nitrogens with one attached hydrogen (secondary N) is 2. The fraction of sp³-hybridized carbons (Fsp3) is 0.786. The normalized spacial score (nSPS) is 21.8. The zero-order valence-corrected chi connectivity index (χ0v) is 13.3. The van der Waals surface area contributed by atoms with Crippen LogP contribution >= 0.6 is 0 Å². The molecule has 0 aromatic carbocycles. The van der Waals surface area contributed by atoms with Crippen LogP contribution in [-0.4, -0.2) is 36.3 Å². The van der Waals surface area contributed by atoms with Crippen molar-refractivity contribution >= 4 is 10.0 Å². The SMILES string of the molecule is CC1(NS(=O)(=O)c2cnn(CCNC3CC3)c2)CCCC1. The zero-order valence-electron chi connectivity index (χ0n) is 12.5. The zero-order chi connectivity index (χ0) is 14.9. The minimum atomic E-state index is -3.46. The third kappa shape index (κ3) is 3.84. The third-order valence-electron chi connectivity index (χ3n) is 4.36. The van der Waals surface area contributed by atoms with E-state index in [0.717, 1.165) is 32.2 Å². The summed E-state index contributed by atoms with van der Waals surface area (Å²) in [6.45, 7) is 3.52. The summed E-state index contributed by atoms with van der Waals surface area (Å²) in [4.78, 5) is 0.266. The van der Waals surface area contributed by atoms with Gasteiger partial charge in [-0.05, 0) is 32.6 Å². The van der Waals surface area contributed by atoms with Crippen molar-refractivity contribution in [2.75, 3.05) is 6.54 Å². The third-order valence-corrected chi connectivity index (χ3v) is 5.95. The minimum absolute atomic E-state index is 0.266. The molecule has 0 saturated heterocycles. The Morgan fingerprint density at radius 2 is 2.10 bits per heavy atom. The second-order valence-corrected chi connectivity index (χ2v) is 8.22. The van der Waals surface area contributed by atoms with E-state index in [-0.39, 0.29) is 10.4 Å². The molecule has 0 atom stereocenters. The van der Waals surface area contributed by atoms with Gasteiger partial charge in [-0.3, -0.25) is 4.68 Å². The second-order valence-electron chi connectivity index (χ2n) is 6.54. The second kappa shape index (κ2) is 5.70. The summed E-state index contributed by atoms with van der Waals surface area (Å²) >= 11 is 0. The fourth-order valence-corrected chi connectivity index (χ4v) is 4.33. The minimum Gasteiger partial charge on any atom is -0.312 e. The van der Waals surface area contributed by atoms with E-state index < -0.39 is 10.0 Å². The summed E-state index contributed by atoms with van der Waals surface area (Å²) < 4.78 is 29.4. The number of aromatic nitrogens is 2. The molecule has 2 fully saturated rings. The summed E-state index contributed by atoms with van der Waals surface area (Å²) in [5, 5.41) is 7.55. The van der Waals surface area contributed by atoms with Gasteiger partial charge in [-0.15, -0.1) is 0 Å². The molecule has 0 bridgehead atoms. The van der Waals surface area contributed by atoms with Crippen molar-refractivity contribution in [3.05, 3.63) is 12.4 Å². The molecule has 3 rings (SSSR count). The average Bonchev–Trinajstić information content (AvgIpc) is 2.93. The molecule has 1 aromatic heterocycles. The van der Waals surface area contributed by atoms with Crippen molar-refractivity contribution in [2.24, 2.45) is 0 Å². The van der Waals surface area contributed by atoms with E-state index in [1.54, 1.807) is 10.9 Å². The Kier molecular flexibility index (Phi) is 4.07. The van der Waals surface area contributed by atoms with Crippen LogP contribution in [-0.2, 0) is 16.6 Å². The lowest BCUT2D eigenvalue weighted by molar-refractivity contribution is 0.427. The van der Waals surface area contributed by atoms with Gasteiger partial charge in [0.25, 0.3) is 0 Å². The summed E-state index contributed by atoms with van der Waals surface area (Å²) in [5.41, 5.74) is -0.297. The Morgan fingerprint density at radius 1 is 1.38 bits per heavy atom. The highest BCUT2D eigenvalue weighted by atomic mass is 32.2. The lowest BCUT2D eigenvalue weighted by Crippen LogP contribution is -2.43. The summed E-state index contributed by atoms with van der Waals surface area (Å²) in [6, 6.07) is 0.660. The summed E-state index contributed by atoms with van der Waals surface area (Å²) in [6.07, 6.45) is 9.56. The molecule has 0 radical (unpaired) electrons. The quantitative estimate of drug-likeness (QED) is 0.794. The molecule has 2 saturated carbocycles. The number of rotatable bonds is 7. The van der Waals surface area contributed by atoms with Crippen molar-refractivity contribution < 1.29 is 8.42 Å². The molecule has 0 amide bonds. The van der Waals surface area contributed by atoms with E-state index in [4.69, 9.17) is 0 Å². The summed E-state index contributed by atoms with van der Waals surface area (Å²) in [5.74, 6) is 0. The molecule has 1 aromatic rings. The van der Waals surface area contributed by atoms with Gasteiger partial charge in [0, 0.05) is 24.3 Å². The van der Waals surface area contributed by atoms with E-state index in [9.17, 15) is 8.42 Å². The Hall–Kier alpha value is -0.920. The van der Waals surface area contributed by atoms with Gasteiger partial charge in [-0.25, -0.2) is 13.1 Å². The summed E-state index contributed by atoms with van der Waals surface area (Å²) in [7, 11) is -3.46. The molecule has 0 spiro atoms. The van der Waals surface area contributed by atoms with E-state index >= 15 is 0 Å². The molecule has 2 N–H and O–H groups in total. The van der Waals surface area contributed by atoms with Crippen LogP contribution in [0.2, 0.25) is 0 Å². The first kappa shape index (κ1) is 15.0. The first-order valence-corrected chi connectivity index (χ1v) is 9.25. The molecule has 21 heavy (non-hydrogen) atoms. The maximum atomic E-state index is 12.4. The van der Waals surface area contributed by atoms with E-state index in [1.165, 1.54) is 19.0 Å². The topological polar surface area (TPSA) is 76.0 Å². The first-order chi connectivity index (χ1) is 9.97. The van der Waals surface area contributed by atoms with Gasteiger partial charge in [-0.2, -0.15) is 5.10 Å². The molecule has 7 heteroatoms. The van der Waals surface area contributed by atoms with E-state index in [0.29, 0.717) is 12.6 Å². The molecule has 0 aliphatic heterocycles. The van der Waals surface area contributed by atoms with Crippen LogP contribution in [0.1, 0.15) is 45.4 Å². The van der Waals surface area contributed by atoms with Gasteiger partial charge in [0.05, 0.1) is 12.7 Å². The van der Waals surface area contributed by atoms with Crippen molar-refractivity contribution in [1.29, 1.82) is 0 Å². The Bertz CT molecular complexity index is 586. The Balaban J connectivity index is 1.60. The van der Waals surface area contributed by atoms with Crippen LogP contribution < -0.4 is 10.0 Å². The van der Waals surface area contributed by atoms with Gasteiger partial charge >= 0.3 is 0 Å². The molecular weight excluding hydrogens is 288 g/mol. The van der Waals surface area contributed by atoms with Crippen LogP contribution in [0.5, 0.6) is 0 Å². The lowest BCUT2D eigenvalue weighted by Gasteiger charge is -2.24. The smallest absolute Gasteiger partial charge is 0.244 e. The standard InChI is InChI=1S/C14H24N4O2S/c1-14(6-2-3-7-14)17-21(19,20)13-10-16-18(11-13)9-8-15-12-4-5-12/h10-12,15,17H,2-9H2,1H3. The van der Waals surface area contributed by atoms with Crippen LogP contribution in [0.25, 0.3) is 0 Å². The maximum absolute atomic E-state index is 12.4. The molecule has 6 nitrogen and oxygen atoms in total. The number of sulfonamides is 1. The van der Waals surface area contributed by atoms with Gasteiger partial charge < -0.3 is 5.32 Å². The fourth-order valence-electron chi connectivity index (χ4n) is 2.92. The first-order valence-electron chi connectivity index (χ1n) is 7.77. The van der Waals surface area contributed by atoms with Crippen molar-refractivity contribution in [1.82, 2.24) is 19.8 Å². The van der Waals surface area contributed by atoms with Crippen LogP contribution in [0, 0.1) is 0 Å². The van der Waals surface area contributed by atoms with Crippen molar-refractivity contribution in [3.8, 4) is 0 Å². The predicted molar refractivity (Wildman–Crippen MR) is 80.4 cm³/mol. The monoisotopic (exact) mass is 312 g/mol. The van der Waals surface area contributed by atoms with Gasteiger partial charge in [0.1, 0.15) is 4.90 Å². The van der Waals surface area contributed by atoms with Crippen molar-refractivity contribution in [2.45, 2.75) is 68.5 Å². The molecule has 0 unspecified atom stereocenters. The maximum Gasteiger partial charge on any atom is 0.244 e. The number of hydrogen-bond acceptors (Lipinski definition) is 4. The highest BCUT2D eigenvalue weighted by Crippen LogP contribution is 2.30. The molecule has 118 valence electrons. The van der Waals surface area contributed by atoms with Crippen LogP contribution in [0.3, 0.4) is 0 Å². The molecule has 2 aliphatic carbocycles. The lowest BCUT2D eigenvalue weighted by atomic mass is 10.0. The average molecular weight is 312 g/mol. The van der Waals surface area contributed by atoms with E-state index in [2.05, 4.69) is 15.1 Å². The highest BCUT2D eigenvalue weighted by molar-refractivity contribution is 7.89. The highest BCUT2D eigenvalue weighted by Gasteiger charge is 2.34. The largest absolute Gasteiger partial charge is 0.312 e. The Labute approximate surface area is 126 Å². The molecule has 1 heterocycles. The number of hydrogen-bond donors (Lipinski definition) is 2. The van der Waals surface area contributed by atoms with Crippen LogP contribution in [0.15, 0.2) is 17.3 Å². The van der Waals surface area contributed by atoms with E-state index in [1.807, 2.05) is 6.92 Å². The molecular formula is C14H24N4O2S. The van der Waals surface area contributed by atoms with Gasteiger partial charge in [0.2, 0.25) is 10.0 Å². The van der Waals surface area contributed by atoms with Gasteiger partial charge in [-0.1, -0.05) is 12.8 Å². The predicted octanol–water partition coefficient (Wildman–Crippen LogP) is 1.25. The van der Waals surface area contributed by atoms with Gasteiger partial charge in [0.15, 0.2) is 0 Å². The van der Waals surface area contributed by atoms with Crippen molar-refractivity contribution in [3.63, 3.8) is 0 Å². The number of nitrogens with zero attached hydrogens (tertiary/aromatic N) is 2. The van der Waals surface area contributed by atoms with Crippen LogP contribution in [0.4, 0.5) is 0 Å². The molecule has 2 aliphatic rings. The Morgan fingerprint density at radius 3 is 2.76 bits per heavy atom.